The van der Waals surface area contributed by atoms with Crippen LogP contribution in [0.4, 0.5) is 17.6 Å². The van der Waals surface area contributed by atoms with E-state index in [1.54, 1.807) is 60.7 Å². The summed E-state index contributed by atoms with van der Waals surface area (Å²) >= 11 is 0. The highest BCUT2D eigenvalue weighted by Gasteiger charge is 2.16. The monoisotopic (exact) mass is 422 g/mol. The summed E-state index contributed by atoms with van der Waals surface area (Å²) in [6.07, 6.45) is 0. The lowest BCUT2D eigenvalue weighted by molar-refractivity contribution is 0.297. The number of halogens is 4. The summed E-state index contributed by atoms with van der Waals surface area (Å²) in [6, 6.07) is 21.1. The number of hydrogen-bond donors (Lipinski definition) is 0. The van der Waals surface area contributed by atoms with Crippen LogP contribution in [0.25, 0.3) is 22.3 Å². The van der Waals surface area contributed by atoms with Crippen LogP contribution in [-0.4, -0.2) is 0 Å². The van der Waals surface area contributed by atoms with Crippen molar-refractivity contribution >= 4 is 0 Å². The molecule has 4 rings (SSSR count). The van der Waals surface area contributed by atoms with Gasteiger partial charge in [-0.2, -0.15) is 0 Å². The van der Waals surface area contributed by atoms with Crippen LogP contribution in [0.15, 0.2) is 78.9 Å². The quantitative estimate of drug-likeness (QED) is 0.303. The third kappa shape index (κ3) is 4.17. The molecule has 1 nitrogen and oxygen atoms in total. The predicted molar refractivity (Wildman–Crippen MR) is 113 cm³/mol. The number of hydrogen-bond acceptors (Lipinski definition) is 1. The average molecular weight is 422 g/mol. The van der Waals surface area contributed by atoms with Gasteiger partial charge in [0.05, 0.1) is 0 Å². The van der Waals surface area contributed by atoms with Gasteiger partial charge in [0.1, 0.15) is 12.4 Å². The zero-order chi connectivity index (χ0) is 22.0. The smallest absolute Gasteiger partial charge is 0.167 e. The fraction of sp³-hybridized carbons (Fsp3) is 0.0769. The molecule has 0 radical (unpaired) electrons. The summed E-state index contributed by atoms with van der Waals surface area (Å²) in [4.78, 5) is 0. The van der Waals surface area contributed by atoms with E-state index in [0.29, 0.717) is 16.9 Å². The Kier molecular flexibility index (Phi) is 5.76. The second kappa shape index (κ2) is 8.64. The van der Waals surface area contributed by atoms with E-state index in [0.717, 1.165) is 0 Å². The summed E-state index contributed by atoms with van der Waals surface area (Å²) in [5.74, 6) is -3.29. The van der Waals surface area contributed by atoms with E-state index in [1.165, 1.54) is 25.1 Å². The minimum Gasteiger partial charge on any atom is -0.489 e. The first kappa shape index (κ1) is 20.7. The Hall–Kier alpha value is -3.60. The highest BCUT2D eigenvalue weighted by atomic mass is 19.2. The molecule has 0 saturated heterocycles. The highest BCUT2D eigenvalue weighted by molar-refractivity contribution is 5.72. The normalized spacial score (nSPS) is 10.9. The minimum absolute atomic E-state index is 0.0943. The van der Waals surface area contributed by atoms with Gasteiger partial charge < -0.3 is 4.74 Å². The van der Waals surface area contributed by atoms with Crippen molar-refractivity contribution in [3.63, 3.8) is 0 Å². The Morgan fingerprint density at radius 1 is 0.581 bits per heavy atom. The molecule has 0 aliphatic rings. The molecule has 0 spiro atoms. The zero-order valence-corrected chi connectivity index (χ0v) is 16.6. The van der Waals surface area contributed by atoms with Crippen LogP contribution in [0.1, 0.15) is 11.1 Å². The lowest BCUT2D eigenvalue weighted by Gasteiger charge is -2.11. The van der Waals surface area contributed by atoms with E-state index in [2.05, 4.69) is 0 Å². The van der Waals surface area contributed by atoms with Crippen LogP contribution in [0.5, 0.6) is 5.75 Å². The van der Waals surface area contributed by atoms with Crippen LogP contribution < -0.4 is 4.74 Å². The topological polar surface area (TPSA) is 9.23 Å². The van der Waals surface area contributed by atoms with Crippen molar-refractivity contribution in [2.45, 2.75) is 13.5 Å². The first-order valence-corrected chi connectivity index (χ1v) is 9.66. The second-order valence-electron chi connectivity index (χ2n) is 7.14. The molecule has 0 aliphatic heterocycles. The van der Waals surface area contributed by atoms with Gasteiger partial charge >= 0.3 is 0 Å². The van der Waals surface area contributed by atoms with Crippen LogP contribution in [0.2, 0.25) is 0 Å². The number of ether oxygens (including phenoxy) is 1. The average Bonchev–Trinajstić information content (AvgIpc) is 2.80. The van der Waals surface area contributed by atoms with Gasteiger partial charge in [-0.25, -0.2) is 17.6 Å². The van der Waals surface area contributed by atoms with Gasteiger partial charge in [0.25, 0.3) is 0 Å². The zero-order valence-electron chi connectivity index (χ0n) is 16.6. The van der Waals surface area contributed by atoms with Gasteiger partial charge in [0.15, 0.2) is 23.3 Å². The van der Waals surface area contributed by atoms with Gasteiger partial charge in [-0.3, -0.25) is 0 Å². The number of benzene rings is 4. The Morgan fingerprint density at radius 2 is 1.16 bits per heavy atom. The van der Waals surface area contributed by atoms with E-state index in [1.807, 2.05) is 0 Å². The molecule has 5 heteroatoms. The molecular formula is C26H18F4O. The lowest BCUT2D eigenvalue weighted by atomic mass is 9.99. The molecule has 0 atom stereocenters. The van der Waals surface area contributed by atoms with Crippen LogP contribution >= 0.6 is 0 Å². The summed E-state index contributed by atoms with van der Waals surface area (Å²) in [6.45, 7) is 1.33. The van der Waals surface area contributed by atoms with Gasteiger partial charge in [0, 0.05) is 16.7 Å². The molecule has 4 aromatic rings. The lowest BCUT2D eigenvalue weighted by Crippen LogP contribution is -2.02. The van der Waals surface area contributed by atoms with Crippen molar-refractivity contribution in [2.24, 2.45) is 0 Å². The Balaban J connectivity index is 1.53. The third-order valence-electron chi connectivity index (χ3n) is 5.08. The van der Waals surface area contributed by atoms with E-state index >= 15 is 0 Å². The van der Waals surface area contributed by atoms with Crippen LogP contribution in [0.3, 0.4) is 0 Å². The van der Waals surface area contributed by atoms with Gasteiger partial charge in [-0.05, 0) is 35.7 Å². The summed E-state index contributed by atoms with van der Waals surface area (Å²) < 4.78 is 62.5. The molecule has 0 saturated carbocycles. The fourth-order valence-corrected chi connectivity index (χ4v) is 3.30. The predicted octanol–water partition coefficient (Wildman–Crippen LogP) is 7.46. The maximum absolute atomic E-state index is 14.7. The number of aryl methyl sites for hydroxylation is 1. The van der Waals surface area contributed by atoms with Crippen molar-refractivity contribution in [3.8, 4) is 28.0 Å². The van der Waals surface area contributed by atoms with E-state index in [4.69, 9.17) is 4.74 Å². The molecule has 0 bridgehead atoms. The molecule has 0 amide bonds. The molecule has 0 N–H and O–H groups in total. The Morgan fingerprint density at radius 3 is 1.77 bits per heavy atom. The third-order valence-corrected chi connectivity index (χ3v) is 5.08. The maximum atomic E-state index is 14.7. The summed E-state index contributed by atoms with van der Waals surface area (Å²) in [5.41, 5.74) is 1.68. The van der Waals surface area contributed by atoms with Gasteiger partial charge in [0.2, 0.25) is 0 Å². The SMILES string of the molecule is Cc1ccc(COc2ccc(-c3ccc(-c4ccccc4)c(F)c3F)cc2)c(F)c1F. The molecule has 156 valence electrons. The molecular weight excluding hydrogens is 404 g/mol. The molecule has 0 aliphatic carbocycles. The Bertz CT molecular complexity index is 1220. The summed E-state index contributed by atoms with van der Waals surface area (Å²) in [5, 5.41) is 0. The van der Waals surface area contributed by atoms with E-state index in [-0.39, 0.29) is 28.9 Å². The van der Waals surface area contributed by atoms with Crippen molar-refractivity contribution < 1.29 is 22.3 Å². The molecule has 31 heavy (non-hydrogen) atoms. The van der Waals surface area contributed by atoms with Crippen molar-refractivity contribution in [2.75, 3.05) is 0 Å². The van der Waals surface area contributed by atoms with Gasteiger partial charge in [-0.1, -0.05) is 66.7 Å². The van der Waals surface area contributed by atoms with E-state index < -0.39 is 23.3 Å². The Labute approximate surface area is 177 Å². The number of rotatable bonds is 5. The maximum Gasteiger partial charge on any atom is 0.167 e. The fourth-order valence-electron chi connectivity index (χ4n) is 3.30. The summed E-state index contributed by atoms with van der Waals surface area (Å²) in [7, 11) is 0. The first-order chi connectivity index (χ1) is 15.0. The largest absolute Gasteiger partial charge is 0.489 e. The van der Waals surface area contributed by atoms with Gasteiger partial charge in [-0.15, -0.1) is 0 Å². The molecule has 4 aromatic carbocycles. The van der Waals surface area contributed by atoms with E-state index in [9.17, 15) is 17.6 Å². The van der Waals surface area contributed by atoms with Crippen LogP contribution in [0, 0.1) is 30.2 Å². The van der Waals surface area contributed by atoms with Crippen LogP contribution in [-0.2, 0) is 6.61 Å². The molecule has 0 unspecified atom stereocenters. The molecule has 0 fully saturated rings. The standard InChI is InChI=1S/C26H18F4O/c1-16-7-8-19(24(28)23(16)27)15-31-20-11-9-18(10-12-20)22-14-13-21(25(29)26(22)30)17-5-3-2-4-6-17/h2-14H,15H2,1H3. The minimum atomic E-state index is -0.938. The first-order valence-electron chi connectivity index (χ1n) is 9.66. The van der Waals surface area contributed by atoms with Crippen molar-refractivity contribution in [1.29, 1.82) is 0 Å². The molecule has 0 heterocycles. The van der Waals surface area contributed by atoms with Crippen molar-refractivity contribution in [3.05, 3.63) is 113 Å². The highest BCUT2D eigenvalue weighted by Crippen LogP contribution is 2.32. The second-order valence-corrected chi connectivity index (χ2v) is 7.14. The van der Waals surface area contributed by atoms with Crippen molar-refractivity contribution in [1.82, 2.24) is 0 Å². The molecule has 0 aromatic heterocycles.